The fourth-order valence-corrected chi connectivity index (χ4v) is 1.06. The van der Waals surface area contributed by atoms with Crippen molar-refractivity contribution in [1.82, 2.24) is 0 Å². The highest BCUT2D eigenvalue weighted by Crippen LogP contribution is 2.30. The second kappa shape index (κ2) is 2.43. The van der Waals surface area contributed by atoms with E-state index in [0.717, 1.165) is 10.6 Å². The fourth-order valence-electron chi connectivity index (χ4n) is 0.841. The van der Waals surface area contributed by atoms with Gasteiger partial charge < -0.3 is 5.84 Å². The van der Waals surface area contributed by atoms with Crippen LogP contribution in [0.1, 0.15) is 19.8 Å². The molecule has 0 radical (unpaired) electrons. The predicted molar refractivity (Wildman–Crippen MR) is 42.6 cm³/mol. The van der Waals surface area contributed by atoms with Crippen molar-refractivity contribution in [3.8, 4) is 0 Å². The van der Waals surface area contributed by atoms with Gasteiger partial charge in [-0.2, -0.15) is 5.10 Å². The fraction of sp³-hybridized carbons (Fsp3) is 0.667. The molecule has 0 spiro atoms. The van der Waals surface area contributed by atoms with Crippen molar-refractivity contribution in [2.75, 3.05) is 0 Å². The average molecular weight is 142 g/mol. The van der Waals surface area contributed by atoms with E-state index in [-0.39, 0.29) is 0 Å². The van der Waals surface area contributed by atoms with Crippen molar-refractivity contribution in [3.63, 3.8) is 0 Å². The standard InChI is InChI=1S/C6H10N2S/c1-4(9)6(8-7)5-2-3-5/h5H,2-3,7H2,1H3. The molecule has 1 aliphatic rings. The minimum atomic E-state index is 0.590. The van der Waals surface area contributed by atoms with E-state index in [4.69, 9.17) is 18.1 Å². The molecule has 1 saturated carbocycles. The van der Waals surface area contributed by atoms with Gasteiger partial charge in [-0.3, -0.25) is 0 Å². The molecule has 0 atom stereocenters. The van der Waals surface area contributed by atoms with Crippen LogP contribution in [0.4, 0.5) is 0 Å². The Morgan fingerprint density at radius 3 is 2.33 bits per heavy atom. The lowest BCUT2D eigenvalue weighted by Gasteiger charge is -1.96. The van der Waals surface area contributed by atoms with Crippen LogP contribution in [0.5, 0.6) is 0 Å². The van der Waals surface area contributed by atoms with Gasteiger partial charge in [-0.05, 0) is 19.8 Å². The van der Waals surface area contributed by atoms with Gasteiger partial charge in [-0.25, -0.2) is 0 Å². The molecule has 3 heteroatoms. The Morgan fingerprint density at radius 1 is 1.67 bits per heavy atom. The van der Waals surface area contributed by atoms with Crippen LogP contribution >= 0.6 is 12.2 Å². The summed E-state index contributed by atoms with van der Waals surface area (Å²) in [6.07, 6.45) is 2.42. The van der Waals surface area contributed by atoms with E-state index < -0.39 is 0 Å². The molecule has 1 fully saturated rings. The average Bonchev–Trinajstić information content (AvgIpc) is 2.50. The Hall–Kier alpha value is -0.440. The van der Waals surface area contributed by atoms with Crippen LogP contribution in [-0.4, -0.2) is 10.6 Å². The molecule has 2 nitrogen and oxygen atoms in total. The van der Waals surface area contributed by atoms with Crippen molar-refractivity contribution in [2.24, 2.45) is 16.9 Å². The first-order valence-electron chi connectivity index (χ1n) is 3.04. The molecule has 1 aliphatic carbocycles. The Bertz CT molecular complexity index is 158. The zero-order chi connectivity index (χ0) is 6.85. The summed E-state index contributed by atoms with van der Waals surface area (Å²) in [5, 5.41) is 3.62. The zero-order valence-corrected chi connectivity index (χ0v) is 6.24. The summed E-state index contributed by atoms with van der Waals surface area (Å²) in [4.78, 5) is 0.847. The van der Waals surface area contributed by atoms with E-state index in [1.165, 1.54) is 12.8 Å². The van der Waals surface area contributed by atoms with Gasteiger partial charge in [-0.1, -0.05) is 12.2 Å². The molecule has 50 valence electrons. The first kappa shape index (κ1) is 6.68. The van der Waals surface area contributed by atoms with Crippen molar-refractivity contribution in [2.45, 2.75) is 19.8 Å². The molecule has 0 bridgehead atoms. The number of hydrogen-bond donors (Lipinski definition) is 1. The maximum Gasteiger partial charge on any atom is 0.0767 e. The Balaban J connectivity index is 2.59. The molecule has 0 aromatic rings. The van der Waals surface area contributed by atoms with Crippen molar-refractivity contribution in [1.29, 1.82) is 0 Å². The molecular formula is C6H10N2S. The summed E-state index contributed by atoms with van der Waals surface area (Å²) >= 11 is 4.92. The minimum Gasteiger partial charge on any atom is -0.323 e. The number of nitrogens with zero attached hydrogens (tertiary/aromatic N) is 1. The van der Waals surface area contributed by atoms with E-state index in [2.05, 4.69) is 5.10 Å². The Morgan fingerprint density at radius 2 is 2.22 bits per heavy atom. The molecule has 0 unspecified atom stereocenters. The van der Waals surface area contributed by atoms with Gasteiger partial charge >= 0.3 is 0 Å². The summed E-state index contributed by atoms with van der Waals surface area (Å²) in [6.45, 7) is 1.87. The van der Waals surface area contributed by atoms with Gasteiger partial charge in [0.1, 0.15) is 0 Å². The topological polar surface area (TPSA) is 38.4 Å². The van der Waals surface area contributed by atoms with Crippen LogP contribution in [0.2, 0.25) is 0 Å². The largest absolute Gasteiger partial charge is 0.323 e. The number of hydrogen-bond acceptors (Lipinski definition) is 3. The highest BCUT2D eigenvalue weighted by molar-refractivity contribution is 7.82. The summed E-state index contributed by atoms with van der Waals surface area (Å²) < 4.78 is 0. The molecule has 0 heterocycles. The second-order valence-corrected chi connectivity index (χ2v) is 2.96. The van der Waals surface area contributed by atoms with E-state index >= 15 is 0 Å². The van der Waals surface area contributed by atoms with Gasteiger partial charge in [0.05, 0.1) is 5.71 Å². The van der Waals surface area contributed by atoms with Gasteiger partial charge in [0.15, 0.2) is 0 Å². The quantitative estimate of drug-likeness (QED) is 0.271. The third-order valence-electron chi connectivity index (χ3n) is 1.46. The van der Waals surface area contributed by atoms with Crippen molar-refractivity contribution >= 4 is 22.8 Å². The van der Waals surface area contributed by atoms with E-state index in [0.29, 0.717) is 5.92 Å². The SMILES string of the molecule is CC(=S)C(=NN)C1CC1. The monoisotopic (exact) mass is 142 g/mol. The van der Waals surface area contributed by atoms with Crippen LogP contribution in [0, 0.1) is 5.92 Å². The predicted octanol–water partition coefficient (Wildman–Crippen LogP) is 1.10. The number of rotatable bonds is 2. The summed E-state index contributed by atoms with van der Waals surface area (Å²) in [5.41, 5.74) is 0.935. The molecule has 0 aliphatic heterocycles. The van der Waals surface area contributed by atoms with Crippen LogP contribution < -0.4 is 5.84 Å². The number of thiocarbonyl (C=S) groups is 1. The first-order chi connectivity index (χ1) is 4.25. The zero-order valence-electron chi connectivity index (χ0n) is 5.42. The Kier molecular flexibility index (Phi) is 1.81. The second-order valence-electron chi connectivity index (χ2n) is 2.34. The molecule has 2 N–H and O–H groups in total. The summed E-state index contributed by atoms with van der Waals surface area (Å²) in [5.74, 6) is 5.71. The van der Waals surface area contributed by atoms with Crippen LogP contribution in [0.3, 0.4) is 0 Å². The maximum absolute atomic E-state index is 5.12. The van der Waals surface area contributed by atoms with Crippen LogP contribution in [0.15, 0.2) is 5.10 Å². The molecule has 0 saturated heterocycles. The lowest BCUT2D eigenvalue weighted by Crippen LogP contribution is -2.12. The lowest BCUT2D eigenvalue weighted by molar-refractivity contribution is 1.14. The molecule has 0 aromatic heterocycles. The highest BCUT2D eigenvalue weighted by atomic mass is 32.1. The van der Waals surface area contributed by atoms with Crippen LogP contribution in [-0.2, 0) is 0 Å². The van der Waals surface area contributed by atoms with Gasteiger partial charge in [0.2, 0.25) is 0 Å². The lowest BCUT2D eigenvalue weighted by atomic mass is 10.2. The van der Waals surface area contributed by atoms with Crippen LogP contribution in [0.25, 0.3) is 0 Å². The normalized spacial score (nSPS) is 19.9. The third kappa shape index (κ3) is 1.48. The molecule has 1 rings (SSSR count). The van der Waals surface area contributed by atoms with E-state index in [1.54, 1.807) is 0 Å². The maximum atomic E-state index is 5.12. The third-order valence-corrected chi connectivity index (χ3v) is 1.67. The molecule has 0 aromatic carbocycles. The van der Waals surface area contributed by atoms with Gasteiger partial charge in [0.25, 0.3) is 0 Å². The van der Waals surface area contributed by atoms with E-state index in [9.17, 15) is 0 Å². The molecule has 0 amide bonds. The summed E-state index contributed by atoms with van der Waals surface area (Å²) in [7, 11) is 0. The van der Waals surface area contributed by atoms with Crippen molar-refractivity contribution in [3.05, 3.63) is 0 Å². The number of nitrogens with two attached hydrogens (primary N) is 1. The van der Waals surface area contributed by atoms with Gasteiger partial charge in [-0.15, -0.1) is 0 Å². The van der Waals surface area contributed by atoms with E-state index in [1.807, 2.05) is 6.92 Å². The van der Waals surface area contributed by atoms with Gasteiger partial charge in [0, 0.05) is 10.8 Å². The smallest absolute Gasteiger partial charge is 0.0767 e. The number of hydrazone groups is 1. The Labute approximate surface area is 60.1 Å². The highest BCUT2D eigenvalue weighted by Gasteiger charge is 2.28. The minimum absolute atomic E-state index is 0.590. The molecular weight excluding hydrogens is 132 g/mol. The first-order valence-corrected chi connectivity index (χ1v) is 3.45. The van der Waals surface area contributed by atoms with Crippen molar-refractivity contribution < 1.29 is 0 Å². The molecule has 9 heavy (non-hydrogen) atoms. The summed E-state index contributed by atoms with van der Waals surface area (Å²) in [6, 6.07) is 0.